The van der Waals surface area contributed by atoms with Gasteiger partial charge < -0.3 is 9.15 Å². The number of pyridine rings is 1. The van der Waals surface area contributed by atoms with Gasteiger partial charge in [0.05, 0.1) is 24.1 Å². The van der Waals surface area contributed by atoms with Crippen LogP contribution in [0.5, 0.6) is 5.75 Å². The summed E-state index contributed by atoms with van der Waals surface area (Å²) in [4.78, 5) is 32.9. The number of halogens is 1. The standard InChI is InChI=1S/C24H17ClN2O4/c1-13-9-10-26-19(11-13)27-21(14-3-6-16(30-2)7-4-14)20-22(28)17-12-15(25)5-8-18(17)31-23(20)24(27)29/h3-12,21H,1-2H3/t21-/m0/s1. The molecule has 0 unspecified atom stereocenters. The van der Waals surface area contributed by atoms with Crippen LogP contribution in [-0.2, 0) is 0 Å². The number of nitrogens with zero attached hydrogens (tertiary/aromatic N) is 2. The smallest absolute Gasteiger partial charge is 0.296 e. The van der Waals surface area contributed by atoms with E-state index in [2.05, 4.69) is 4.98 Å². The molecular formula is C24H17ClN2O4. The molecule has 5 rings (SSSR count). The number of amides is 1. The van der Waals surface area contributed by atoms with E-state index in [1.54, 1.807) is 49.7 Å². The molecule has 0 spiro atoms. The van der Waals surface area contributed by atoms with Gasteiger partial charge >= 0.3 is 0 Å². The van der Waals surface area contributed by atoms with Crippen molar-refractivity contribution in [3.05, 3.63) is 98.5 Å². The van der Waals surface area contributed by atoms with Crippen molar-refractivity contribution in [2.45, 2.75) is 13.0 Å². The number of aromatic nitrogens is 1. The zero-order valence-corrected chi connectivity index (χ0v) is 17.5. The van der Waals surface area contributed by atoms with Crippen molar-refractivity contribution >= 4 is 34.3 Å². The van der Waals surface area contributed by atoms with Gasteiger partial charge in [-0.1, -0.05) is 23.7 Å². The second kappa shape index (κ2) is 7.25. The van der Waals surface area contributed by atoms with Gasteiger partial charge in [-0.15, -0.1) is 0 Å². The lowest BCUT2D eigenvalue weighted by Gasteiger charge is -2.24. The van der Waals surface area contributed by atoms with E-state index in [4.69, 9.17) is 20.8 Å². The molecule has 1 aliphatic rings. The molecule has 0 saturated carbocycles. The summed E-state index contributed by atoms with van der Waals surface area (Å²) >= 11 is 6.12. The summed E-state index contributed by atoms with van der Waals surface area (Å²) in [5.41, 5.74) is 1.98. The lowest BCUT2D eigenvalue weighted by Crippen LogP contribution is -2.30. The number of aryl methyl sites for hydroxylation is 1. The van der Waals surface area contributed by atoms with Gasteiger partial charge in [0.25, 0.3) is 5.91 Å². The fourth-order valence-electron chi connectivity index (χ4n) is 3.93. The average molecular weight is 433 g/mol. The number of ether oxygens (including phenoxy) is 1. The Hall–Kier alpha value is -3.64. The van der Waals surface area contributed by atoms with E-state index in [-0.39, 0.29) is 16.8 Å². The van der Waals surface area contributed by atoms with E-state index < -0.39 is 11.9 Å². The minimum absolute atomic E-state index is 0.0175. The molecule has 31 heavy (non-hydrogen) atoms. The molecule has 0 bridgehead atoms. The van der Waals surface area contributed by atoms with Crippen molar-refractivity contribution in [1.29, 1.82) is 0 Å². The lowest BCUT2D eigenvalue weighted by molar-refractivity contribution is 0.0970. The molecule has 7 heteroatoms. The van der Waals surface area contributed by atoms with Crippen molar-refractivity contribution in [2.75, 3.05) is 12.0 Å². The first-order valence-electron chi connectivity index (χ1n) is 9.64. The van der Waals surface area contributed by atoms with Crippen molar-refractivity contribution in [3.63, 3.8) is 0 Å². The second-order valence-electron chi connectivity index (χ2n) is 7.36. The van der Waals surface area contributed by atoms with E-state index in [1.165, 1.54) is 4.90 Å². The molecule has 6 nitrogen and oxygen atoms in total. The third-order valence-corrected chi connectivity index (χ3v) is 5.65. The molecule has 0 saturated heterocycles. The molecule has 1 amide bonds. The maximum absolute atomic E-state index is 13.5. The summed E-state index contributed by atoms with van der Waals surface area (Å²) in [7, 11) is 1.58. The number of hydrogen-bond acceptors (Lipinski definition) is 5. The van der Waals surface area contributed by atoms with Crippen molar-refractivity contribution in [2.24, 2.45) is 0 Å². The minimum atomic E-state index is -0.692. The number of anilines is 1. The van der Waals surface area contributed by atoms with Gasteiger partial charge in [0.2, 0.25) is 5.76 Å². The first-order valence-corrected chi connectivity index (χ1v) is 10.0. The third kappa shape index (κ3) is 3.07. The fourth-order valence-corrected chi connectivity index (χ4v) is 4.11. The number of carbonyl (C=O) groups excluding carboxylic acids is 1. The highest BCUT2D eigenvalue weighted by Crippen LogP contribution is 2.41. The van der Waals surface area contributed by atoms with Crippen LogP contribution in [0.2, 0.25) is 5.02 Å². The van der Waals surface area contributed by atoms with Crippen LogP contribution in [0.25, 0.3) is 11.0 Å². The van der Waals surface area contributed by atoms with E-state index in [1.807, 2.05) is 25.1 Å². The van der Waals surface area contributed by atoms with Crippen LogP contribution in [0.15, 0.2) is 70.0 Å². The Labute approximate surface area is 182 Å². The molecule has 0 radical (unpaired) electrons. The molecule has 2 aromatic heterocycles. The van der Waals surface area contributed by atoms with Crippen molar-refractivity contribution < 1.29 is 13.9 Å². The largest absolute Gasteiger partial charge is 0.497 e. The van der Waals surface area contributed by atoms with E-state index in [0.29, 0.717) is 27.6 Å². The Kier molecular flexibility index (Phi) is 4.52. The highest BCUT2D eigenvalue weighted by atomic mass is 35.5. The maximum atomic E-state index is 13.5. The first kappa shape index (κ1) is 19.3. The predicted molar refractivity (Wildman–Crippen MR) is 118 cm³/mol. The van der Waals surface area contributed by atoms with Crippen LogP contribution in [0.1, 0.15) is 33.3 Å². The zero-order chi connectivity index (χ0) is 21.7. The van der Waals surface area contributed by atoms with Crippen LogP contribution in [0.3, 0.4) is 0 Å². The Morgan fingerprint density at radius 1 is 1.06 bits per heavy atom. The van der Waals surface area contributed by atoms with Crippen LogP contribution in [0.4, 0.5) is 5.82 Å². The molecule has 4 aromatic rings. The van der Waals surface area contributed by atoms with Gasteiger partial charge in [0.15, 0.2) is 5.43 Å². The van der Waals surface area contributed by atoms with Gasteiger partial charge in [0.1, 0.15) is 17.2 Å². The van der Waals surface area contributed by atoms with Crippen LogP contribution in [-0.4, -0.2) is 18.0 Å². The van der Waals surface area contributed by atoms with Gasteiger partial charge in [0, 0.05) is 11.2 Å². The number of fused-ring (bicyclic) bond motifs is 2. The van der Waals surface area contributed by atoms with E-state index >= 15 is 0 Å². The molecular weight excluding hydrogens is 416 g/mol. The third-order valence-electron chi connectivity index (χ3n) is 5.41. The highest BCUT2D eigenvalue weighted by Gasteiger charge is 2.44. The van der Waals surface area contributed by atoms with Crippen molar-refractivity contribution in [3.8, 4) is 5.75 Å². The summed E-state index contributed by atoms with van der Waals surface area (Å²) in [6, 6.07) is 15.0. The summed E-state index contributed by atoms with van der Waals surface area (Å²) in [5.74, 6) is 0.719. The molecule has 2 aromatic carbocycles. The average Bonchev–Trinajstić information content (AvgIpc) is 3.07. The minimum Gasteiger partial charge on any atom is -0.497 e. The molecule has 154 valence electrons. The number of rotatable bonds is 3. The maximum Gasteiger partial charge on any atom is 0.296 e. The summed E-state index contributed by atoms with van der Waals surface area (Å²) in [5, 5.41) is 0.749. The predicted octanol–water partition coefficient (Wildman–Crippen LogP) is 4.91. The Bertz CT molecular complexity index is 1400. The number of methoxy groups -OCH3 is 1. The Morgan fingerprint density at radius 2 is 1.84 bits per heavy atom. The van der Waals surface area contributed by atoms with Gasteiger partial charge in [-0.3, -0.25) is 14.5 Å². The zero-order valence-electron chi connectivity index (χ0n) is 16.8. The summed E-state index contributed by atoms with van der Waals surface area (Å²) < 4.78 is 11.2. The fraction of sp³-hybridized carbons (Fsp3) is 0.125. The monoisotopic (exact) mass is 432 g/mol. The second-order valence-corrected chi connectivity index (χ2v) is 7.79. The normalized spacial score (nSPS) is 15.4. The Balaban J connectivity index is 1.80. The molecule has 0 fully saturated rings. The molecule has 3 heterocycles. The summed E-state index contributed by atoms with van der Waals surface area (Å²) in [6.07, 6.45) is 1.64. The number of carbonyl (C=O) groups is 1. The Morgan fingerprint density at radius 3 is 2.55 bits per heavy atom. The SMILES string of the molecule is COc1ccc([C@H]2c3c(oc4ccc(Cl)cc4c3=O)C(=O)N2c2cc(C)ccn2)cc1. The first-order chi connectivity index (χ1) is 15.0. The van der Waals surface area contributed by atoms with E-state index in [9.17, 15) is 9.59 Å². The van der Waals surface area contributed by atoms with Crippen LogP contribution < -0.4 is 15.1 Å². The van der Waals surface area contributed by atoms with Gasteiger partial charge in [-0.2, -0.15) is 0 Å². The number of hydrogen-bond donors (Lipinski definition) is 0. The highest BCUT2D eigenvalue weighted by molar-refractivity contribution is 6.31. The molecule has 1 atom stereocenters. The van der Waals surface area contributed by atoms with Gasteiger partial charge in [-0.25, -0.2) is 4.98 Å². The molecule has 1 aliphatic heterocycles. The summed E-state index contributed by atoms with van der Waals surface area (Å²) in [6.45, 7) is 1.92. The number of benzene rings is 2. The topological polar surface area (TPSA) is 72.6 Å². The lowest BCUT2D eigenvalue weighted by atomic mass is 9.98. The van der Waals surface area contributed by atoms with Gasteiger partial charge in [-0.05, 0) is 60.5 Å². The van der Waals surface area contributed by atoms with E-state index in [0.717, 1.165) is 11.1 Å². The van der Waals surface area contributed by atoms with Crippen LogP contribution in [0, 0.1) is 6.92 Å². The van der Waals surface area contributed by atoms with Crippen molar-refractivity contribution in [1.82, 2.24) is 4.98 Å². The molecule has 0 aliphatic carbocycles. The molecule has 0 N–H and O–H groups in total. The quantitative estimate of drug-likeness (QED) is 0.460. The van der Waals surface area contributed by atoms with Crippen LogP contribution >= 0.6 is 11.6 Å².